The highest BCUT2D eigenvalue weighted by Crippen LogP contribution is 2.44. The van der Waals surface area contributed by atoms with Gasteiger partial charge in [0.05, 0.1) is 35.7 Å². The van der Waals surface area contributed by atoms with E-state index in [1.165, 1.54) is 42.5 Å². The van der Waals surface area contributed by atoms with Crippen LogP contribution in [0, 0.1) is 0 Å². The van der Waals surface area contributed by atoms with Gasteiger partial charge >= 0.3 is 11.9 Å². The standard InChI is InChI=1S/C28H27N5O10S/c1-3-42-22-13-21(32-33-25-24(44(39,40)41)10-14-5-6-17(29)11-19(14)26(25)34)23(43-4-2)12-20(22)31-30-18-8-15(27(35)36)7-16(9-18)28(37)38/h5-13,30-31,34H,3-4,29H2,1-2H3,(H,35,36)(H,37,38)(H,39,40,41). The van der Waals surface area contributed by atoms with Crippen LogP contribution in [0.2, 0.25) is 0 Å². The molecule has 0 aliphatic rings. The van der Waals surface area contributed by atoms with Crippen molar-refractivity contribution >= 4 is 61.3 Å². The van der Waals surface area contributed by atoms with E-state index in [-0.39, 0.29) is 63.7 Å². The first-order valence-corrected chi connectivity index (χ1v) is 14.3. The Morgan fingerprint density at radius 1 is 0.864 bits per heavy atom. The van der Waals surface area contributed by atoms with E-state index in [0.717, 1.165) is 12.1 Å². The second-order valence-electron chi connectivity index (χ2n) is 9.07. The summed E-state index contributed by atoms with van der Waals surface area (Å²) in [5, 5.41) is 38.1. The van der Waals surface area contributed by atoms with Crippen LogP contribution in [0.5, 0.6) is 17.2 Å². The molecule has 0 bridgehead atoms. The summed E-state index contributed by atoms with van der Waals surface area (Å²) < 4.78 is 45.6. The number of nitrogens with zero attached hydrogens (tertiary/aromatic N) is 2. The van der Waals surface area contributed by atoms with Crippen molar-refractivity contribution in [2.24, 2.45) is 10.2 Å². The average Bonchev–Trinajstić information content (AvgIpc) is 2.96. The van der Waals surface area contributed by atoms with Crippen molar-refractivity contribution in [1.29, 1.82) is 0 Å². The lowest BCUT2D eigenvalue weighted by Crippen LogP contribution is -2.12. The smallest absolute Gasteiger partial charge is 0.335 e. The van der Waals surface area contributed by atoms with Crippen LogP contribution >= 0.6 is 0 Å². The quantitative estimate of drug-likeness (QED) is 0.0450. The molecule has 230 valence electrons. The Hall–Kier alpha value is -5.61. The molecule has 4 aromatic rings. The lowest BCUT2D eigenvalue weighted by atomic mass is 10.1. The van der Waals surface area contributed by atoms with Crippen LogP contribution in [-0.4, -0.2) is 53.4 Å². The van der Waals surface area contributed by atoms with Gasteiger partial charge in [0, 0.05) is 23.2 Å². The topological polar surface area (TPSA) is 242 Å². The molecule has 0 unspecified atom stereocenters. The van der Waals surface area contributed by atoms with Crippen LogP contribution in [0.3, 0.4) is 0 Å². The number of nitrogen functional groups attached to an aromatic ring is 1. The number of rotatable bonds is 12. The third-order valence-electron chi connectivity index (χ3n) is 6.04. The van der Waals surface area contributed by atoms with E-state index in [4.69, 9.17) is 15.2 Å². The molecule has 0 aliphatic carbocycles. The Balaban J connectivity index is 1.78. The van der Waals surface area contributed by atoms with E-state index < -0.39 is 38.4 Å². The van der Waals surface area contributed by atoms with Crippen LogP contribution in [-0.2, 0) is 10.1 Å². The minimum atomic E-state index is -4.85. The zero-order valence-electron chi connectivity index (χ0n) is 23.2. The number of phenolic OH excluding ortho intramolecular Hbond substituents is 1. The largest absolute Gasteiger partial charge is 0.505 e. The van der Waals surface area contributed by atoms with Gasteiger partial charge in [0.2, 0.25) is 0 Å². The highest BCUT2D eigenvalue weighted by Gasteiger charge is 2.23. The van der Waals surface area contributed by atoms with E-state index in [1.807, 2.05) is 0 Å². The van der Waals surface area contributed by atoms with Crippen LogP contribution in [0.15, 0.2) is 69.7 Å². The number of phenols is 1. The molecule has 0 heterocycles. The molecule has 8 N–H and O–H groups in total. The van der Waals surface area contributed by atoms with Crippen LogP contribution in [0.1, 0.15) is 34.6 Å². The van der Waals surface area contributed by atoms with Crippen molar-refractivity contribution in [1.82, 2.24) is 0 Å². The molecule has 0 amide bonds. The maximum atomic E-state index is 12.2. The van der Waals surface area contributed by atoms with Crippen molar-refractivity contribution in [3.05, 3.63) is 65.7 Å². The van der Waals surface area contributed by atoms with Gasteiger partial charge in [-0.2, -0.15) is 8.42 Å². The second-order valence-corrected chi connectivity index (χ2v) is 10.5. The number of anilines is 3. The van der Waals surface area contributed by atoms with Gasteiger partial charge in [-0.25, -0.2) is 9.59 Å². The average molecular weight is 626 g/mol. The molecular weight excluding hydrogens is 598 g/mol. The molecule has 15 nitrogen and oxygen atoms in total. The molecule has 4 aromatic carbocycles. The number of aromatic carboxylic acids is 2. The maximum absolute atomic E-state index is 12.2. The second kappa shape index (κ2) is 12.7. The van der Waals surface area contributed by atoms with Gasteiger partial charge < -0.3 is 36.0 Å². The predicted molar refractivity (Wildman–Crippen MR) is 160 cm³/mol. The molecule has 0 aromatic heterocycles. The number of benzene rings is 4. The van der Waals surface area contributed by atoms with E-state index >= 15 is 0 Å². The zero-order chi connectivity index (χ0) is 32.2. The summed E-state index contributed by atoms with van der Waals surface area (Å²) in [6.07, 6.45) is 0. The fraction of sp³-hybridized carbons (Fsp3) is 0.143. The monoisotopic (exact) mass is 625 g/mol. The van der Waals surface area contributed by atoms with Gasteiger partial charge in [0.25, 0.3) is 10.1 Å². The molecule has 0 aliphatic heterocycles. The first kappa shape index (κ1) is 31.3. The Kier molecular flexibility index (Phi) is 9.06. The van der Waals surface area contributed by atoms with E-state index in [2.05, 4.69) is 21.1 Å². The molecule has 0 fully saturated rings. The lowest BCUT2D eigenvalue weighted by molar-refractivity contribution is 0.0696. The van der Waals surface area contributed by atoms with E-state index in [0.29, 0.717) is 5.69 Å². The van der Waals surface area contributed by atoms with E-state index in [9.17, 15) is 37.9 Å². The molecular formula is C28H27N5O10S. The van der Waals surface area contributed by atoms with Crippen molar-refractivity contribution in [3.8, 4) is 17.2 Å². The number of hydrazine groups is 1. The summed E-state index contributed by atoms with van der Waals surface area (Å²) >= 11 is 0. The summed E-state index contributed by atoms with van der Waals surface area (Å²) in [7, 11) is -4.85. The third-order valence-corrected chi connectivity index (χ3v) is 6.91. The highest BCUT2D eigenvalue weighted by atomic mass is 32.2. The molecule has 0 spiro atoms. The number of carbonyl (C=O) groups is 2. The molecule has 0 radical (unpaired) electrons. The highest BCUT2D eigenvalue weighted by molar-refractivity contribution is 7.86. The van der Waals surface area contributed by atoms with Gasteiger partial charge in [0.15, 0.2) is 5.75 Å². The summed E-state index contributed by atoms with van der Waals surface area (Å²) in [5.74, 6) is -2.90. The molecule has 44 heavy (non-hydrogen) atoms. The third kappa shape index (κ3) is 6.88. The first-order chi connectivity index (χ1) is 20.8. The fourth-order valence-corrected chi connectivity index (χ4v) is 4.77. The number of carboxylic acids is 2. The van der Waals surface area contributed by atoms with Gasteiger partial charge in [-0.15, -0.1) is 10.2 Å². The SMILES string of the molecule is CCOc1cc(NNc2cc(C(=O)O)cc(C(=O)O)c2)c(OCC)cc1N=Nc1c(S(=O)(=O)O)cc2ccc(N)cc2c1O. The number of azo groups is 1. The number of hydrogen-bond acceptors (Lipinski definition) is 12. The van der Waals surface area contributed by atoms with Crippen molar-refractivity contribution in [2.75, 3.05) is 29.8 Å². The van der Waals surface area contributed by atoms with Crippen molar-refractivity contribution < 1.29 is 47.4 Å². The van der Waals surface area contributed by atoms with E-state index in [1.54, 1.807) is 13.8 Å². The number of nitrogens with two attached hydrogens (primary N) is 1. The number of hydrogen-bond donors (Lipinski definition) is 7. The van der Waals surface area contributed by atoms with Crippen molar-refractivity contribution in [3.63, 3.8) is 0 Å². The molecule has 0 saturated heterocycles. The number of nitrogens with one attached hydrogen (secondary N) is 2. The Bertz CT molecular complexity index is 1880. The fourth-order valence-electron chi connectivity index (χ4n) is 4.11. The molecule has 0 saturated carbocycles. The predicted octanol–water partition coefficient (Wildman–Crippen LogP) is 5.42. The molecule has 0 atom stereocenters. The molecule has 16 heteroatoms. The van der Waals surface area contributed by atoms with Crippen LogP contribution in [0.4, 0.5) is 28.4 Å². The van der Waals surface area contributed by atoms with Gasteiger partial charge in [0.1, 0.15) is 27.8 Å². The van der Waals surface area contributed by atoms with Crippen LogP contribution in [0.25, 0.3) is 10.8 Å². The normalized spacial score (nSPS) is 11.4. The summed E-state index contributed by atoms with van der Waals surface area (Å²) in [5.41, 5.74) is 11.1. The summed E-state index contributed by atoms with van der Waals surface area (Å²) in [4.78, 5) is 22.3. The maximum Gasteiger partial charge on any atom is 0.335 e. The minimum Gasteiger partial charge on any atom is -0.505 e. The Morgan fingerprint density at radius 3 is 2.09 bits per heavy atom. The lowest BCUT2D eigenvalue weighted by Gasteiger charge is -2.17. The van der Waals surface area contributed by atoms with Gasteiger partial charge in [-0.1, -0.05) is 6.07 Å². The Labute approximate surface area is 250 Å². The van der Waals surface area contributed by atoms with Gasteiger partial charge in [-0.3, -0.25) is 9.98 Å². The minimum absolute atomic E-state index is 0.0512. The van der Waals surface area contributed by atoms with Crippen LogP contribution < -0.4 is 26.1 Å². The number of ether oxygens (including phenoxy) is 2. The number of aromatic hydroxyl groups is 1. The zero-order valence-corrected chi connectivity index (χ0v) is 24.0. The Morgan fingerprint density at radius 2 is 1.50 bits per heavy atom. The summed E-state index contributed by atoms with van der Waals surface area (Å²) in [6.45, 7) is 3.77. The van der Waals surface area contributed by atoms with Gasteiger partial charge in [-0.05, 0) is 55.6 Å². The number of fused-ring (bicyclic) bond motifs is 1. The van der Waals surface area contributed by atoms with Crippen molar-refractivity contribution in [2.45, 2.75) is 18.7 Å². The number of carboxylic acid groups (broad SMARTS) is 2. The summed E-state index contributed by atoms with van der Waals surface area (Å²) in [6, 6.07) is 11.8. The first-order valence-electron chi connectivity index (χ1n) is 12.8. The molecule has 4 rings (SSSR count).